The van der Waals surface area contributed by atoms with Crippen molar-refractivity contribution in [2.24, 2.45) is 0 Å². The molecule has 10 heteroatoms. The highest BCUT2D eigenvalue weighted by Gasteiger charge is 2.29. The maximum absolute atomic E-state index is 13.5. The second-order valence-electron chi connectivity index (χ2n) is 9.67. The molecule has 2 aromatic rings. The summed E-state index contributed by atoms with van der Waals surface area (Å²) in [5.41, 5.74) is 2.06. The second kappa shape index (κ2) is 13.0. The normalized spacial score (nSPS) is 14.8. The van der Waals surface area contributed by atoms with Crippen LogP contribution in [0, 0.1) is 6.92 Å². The summed E-state index contributed by atoms with van der Waals surface area (Å²) in [5.74, 6) is -0.497. The van der Waals surface area contributed by atoms with Gasteiger partial charge in [-0.3, -0.25) is 13.9 Å². The van der Waals surface area contributed by atoms with Gasteiger partial charge in [-0.25, -0.2) is 8.42 Å². The zero-order valence-corrected chi connectivity index (χ0v) is 23.9. The summed E-state index contributed by atoms with van der Waals surface area (Å²) in [6.07, 6.45) is 5.51. The number of carbonyl (C=O) groups excluding carboxylic acids is 2. The van der Waals surface area contributed by atoms with Crippen LogP contribution < -0.4 is 9.62 Å². The largest absolute Gasteiger partial charge is 0.352 e. The first-order chi connectivity index (χ1) is 17.5. The van der Waals surface area contributed by atoms with Crippen LogP contribution in [0.4, 0.5) is 5.69 Å². The van der Waals surface area contributed by atoms with Crippen LogP contribution in [0.2, 0.25) is 10.0 Å². The van der Waals surface area contributed by atoms with E-state index in [2.05, 4.69) is 5.32 Å². The first-order valence-electron chi connectivity index (χ1n) is 12.5. The van der Waals surface area contributed by atoms with Gasteiger partial charge in [0.2, 0.25) is 21.8 Å². The molecule has 0 heterocycles. The van der Waals surface area contributed by atoms with Gasteiger partial charge >= 0.3 is 0 Å². The summed E-state index contributed by atoms with van der Waals surface area (Å²) >= 11 is 12.8. The lowest BCUT2D eigenvalue weighted by Crippen LogP contribution is -2.49. The van der Waals surface area contributed by atoms with Crippen molar-refractivity contribution in [1.29, 1.82) is 0 Å². The molecule has 1 saturated carbocycles. The third-order valence-corrected chi connectivity index (χ3v) is 8.60. The third-order valence-electron chi connectivity index (χ3n) is 6.70. The summed E-state index contributed by atoms with van der Waals surface area (Å²) in [6, 6.07) is 11.7. The van der Waals surface area contributed by atoms with Crippen LogP contribution in [0.1, 0.15) is 56.6 Å². The number of carbonyl (C=O) groups is 2. The Hall–Kier alpha value is -2.29. The molecule has 7 nitrogen and oxygen atoms in total. The molecule has 2 aromatic carbocycles. The van der Waals surface area contributed by atoms with E-state index in [1.807, 2.05) is 13.0 Å². The van der Waals surface area contributed by atoms with Crippen molar-refractivity contribution >= 4 is 50.7 Å². The Labute approximate surface area is 230 Å². The maximum Gasteiger partial charge on any atom is 0.242 e. The van der Waals surface area contributed by atoms with Crippen molar-refractivity contribution in [2.45, 2.75) is 71.0 Å². The van der Waals surface area contributed by atoms with Crippen molar-refractivity contribution in [3.05, 3.63) is 63.6 Å². The van der Waals surface area contributed by atoms with Crippen LogP contribution in [-0.4, -0.2) is 50.0 Å². The average Bonchev–Trinajstić information content (AvgIpc) is 3.33. The fourth-order valence-electron chi connectivity index (χ4n) is 4.62. The van der Waals surface area contributed by atoms with Gasteiger partial charge in [-0.2, -0.15) is 0 Å². The Balaban J connectivity index is 1.76. The van der Waals surface area contributed by atoms with Crippen molar-refractivity contribution in [3.8, 4) is 0 Å². The quantitative estimate of drug-likeness (QED) is 0.398. The first kappa shape index (κ1) is 29.3. The number of halogens is 2. The van der Waals surface area contributed by atoms with E-state index in [9.17, 15) is 18.0 Å². The molecule has 1 atom stereocenters. The minimum atomic E-state index is -3.55. The topological polar surface area (TPSA) is 86.8 Å². The van der Waals surface area contributed by atoms with Gasteiger partial charge in [0.05, 0.1) is 11.9 Å². The Morgan fingerprint density at radius 3 is 2.30 bits per heavy atom. The summed E-state index contributed by atoms with van der Waals surface area (Å²) in [4.78, 5) is 28.0. The van der Waals surface area contributed by atoms with E-state index in [1.165, 1.54) is 9.21 Å². The maximum atomic E-state index is 13.5. The van der Waals surface area contributed by atoms with Crippen LogP contribution in [0.5, 0.6) is 0 Å². The van der Waals surface area contributed by atoms with Gasteiger partial charge in [0.15, 0.2) is 0 Å². The molecule has 0 unspecified atom stereocenters. The number of anilines is 1. The molecule has 0 spiro atoms. The van der Waals surface area contributed by atoms with Crippen molar-refractivity contribution < 1.29 is 18.0 Å². The lowest BCUT2D eigenvalue weighted by Gasteiger charge is -2.31. The summed E-state index contributed by atoms with van der Waals surface area (Å²) in [5, 5.41) is 3.89. The van der Waals surface area contributed by atoms with E-state index in [4.69, 9.17) is 23.2 Å². The van der Waals surface area contributed by atoms with Gasteiger partial charge in [0, 0.05) is 41.2 Å². The van der Waals surface area contributed by atoms with Crippen LogP contribution >= 0.6 is 23.2 Å². The predicted octanol–water partition coefficient (Wildman–Crippen LogP) is 5.32. The molecule has 0 aliphatic heterocycles. The average molecular weight is 569 g/mol. The molecular formula is C27H35Cl2N3O4S. The summed E-state index contributed by atoms with van der Waals surface area (Å²) < 4.78 is 26.3. The standard InChI is InChI=1S/C27H35Cl2N3O4S/c1-19-9-6-12-22(17-19)32(37(3,35)36)16-8-15-26(33)31(18-23-24(28)13-7-14-25(23)29)20(2)27(34)30-21-10-4-5-11-21/h6-7,9,12-14,17,20-21H,4-5,8,10-11,15-16,18H2,1-3H3,(H,30,34)/t20-/m0/s1. The summed E-state index contributed by atoms with van der Waals surface area (Å²) in [6.45, 7) is 3.80. The van der Waals surface area contributed by atoms with Gasteiger partial charge in [-0.05, 0) is 62.9 Å². The van der Waals surface area contributed by atoms with Crippen LogP contribution in [-0.2, 0) is 26.2 Å². The van der Waals surface area contributed by atoms with Crippen LogP contribution in [0.3, 0.4) is 0 Å². The lowest BCUT2D eigenvalue weighted by atomic mass is 10.1. The molecule has 1 fully saturated rings. The highest BCUT2D eigenvalue weighted by molar-refractivity contribution is 7.92. The molecule has 0 bridgehead atoms. The lowest BCUT2D eigenvalue weighted by molar-refractivity contribution is -0.140. The van der Waals surface area contributed by atoms with Gasteiger partial charge < -0.3 is 10.2 Å². The molecule has 3 rings (SSSR count). The van der Waals surface area contributed by atoms with E-state index in [0.717, 1.165) is 37.5 Å². The molecule has 202 valence electrons. The third kappa shape index (κ3) is 8.09. The van der Waals surface area contributed by atoms with Gasteiger partial charge in [-0.1, -0.05) is 54.2 Å². The number of rotatable bonds is 11. The van der Waals surface area contributed by atoms with E-state index >= 15 is 0 Å². The van der Waals surface area contributed by atoms with Gasteiger partial charge in [-0.15, -0.1) is 0 Å². The second-order valence-corrected chi connectivity index (χ2v) is 12.4. The van der Waals surface area contributed by atoms with E-state index < -0.39 is 16.1 Å². The number of aryl methyl sites for hydroxylation is 1. The molecule has 0 saturated heterocycles. The Morgan fingerprint density at radius 2 is 1.70 bits per heavy atom. The number of hydrogen-bond donors (Lipinski definition) is 1. The Morgan fingerprint density at radius 1 is 1.08 bits per heavy atom. The molecular weight excluding hydrogens is 533 g/mol. The number of amides is 2. The zero-order valence-electron chi connectivity index (χ0n) is 21.5. The Kier molecular flexibility index (Phi) is 10.3. The molecule has 0 radical (unpaired) electrons. The fourth-order valence-corrected chi connectivity index (χ4v) is 6.09. The number of nitrogens with zero attached hydrogens (tertiary/aromatic N) is 2. The van der Waals surface area contributed by atoms with E-state index in [-0.39, 0.29) is 43.8 Å². The molecule has 37 heavy (non-hydrogen) atoms. The number of nitrogens with one attached hydrogen (secondary N) is 1. The smallest absolute Gasteiger partial charge is 0.242 e. The van der Waals surface area contributed by atoms with E-state index in [1.54, 1.807) is 43.3 Å². The molecule has 2 amide bonds. The Bertz CT molecular complexity index is 1200. The van der Waals surface area contributed by atoms with Crippen molar-refractivity contribution in [1.82, 2.24) is 10.2 Å². The predicted molar refractivity (Wildman–Crippen MR) is 149 cm³/mol. The number of hydrogen-bond acceptors (Lipinski definition) is 4. The molecule has 1 aliphatic rings. The van der Waals surface area contributed by atoms with Gasteiger partial charge in [0.25, 0.3) is 0 Å². The molecule has 1 N–H and O–H groups in total. The molecule has 1 aliphatic carbocycles. The number of sulfonamides is 1. The fraction of sp³-hybridized carbons (Fsp3) is 0.481. The highest BCUT2D eigenvalue weighted by Crippen LogP contribution is 2.27. The first-order valence-corrected chi connectivity index (χ1v) is 15.1. The van der Waals surface area contributed by atoms with Crippen LogP contribution in [0.25, 0.3) is 0 Å². The van der Waals surface area contributed by atoms with E-state index in [0.29, 0.717) is 21.3 Å². The zero-order chi connectivity index (χ0) is 27.2. The van der Waals surface area contributed by atoms with Gasteiger partial charge in [0.1, 0.15) is 6.04 Å². The summed E-state index contributed by atoms with van der Waals surface area (Å²) in [7, 11) is -3.55. The molecule has 0 aromatic heterocycles. The highest BCUT2D eigenvalue weighted by atomic mass is 35.5. The number of benzene rings is 2. The monoisotopic (exact) mass is 567 g/mol. The SMILES string of the molecule is Cc1cccc(N(CCCC(=O)N(Cc2c(Cl)cccc2Cl)[C@@H](C)C(=O)NC2CCCC2)S(C)(=O)=O)c1. The minimum absolute atomic E-state index is 0.0565. The van der Waals surface area contributed by atoms with Crippen molar-refractivity contribution in [2.75, 3.05) is 17.1 Å². The minimum Gasteiger partial charge on any atom is -0.352 e. The van der Waals surface area contributed by atoms with Crippen molar-refractivity contribution in [3.63, 3.8) is 0 Å². The van der Waals surface area contributed by atoms with Crippen LogP contribution in [0.15, 0.2) is 42.5 Å².